The van der Waals surface area contributed by atoms with Crippen LogP contribution in [-0.4, -0.2) is 30.3 Å². The third-order valence-corrected chi connectivity index (χ3v) is 4.51. The van der Waals surface area contributed by atoms with Crippen LogP contribution in [-0.2, 0) is 0 Å². The normalized spacial score (nSPS) is 11.2. The number of nitrogens with zero attached hydrogens (tertiary/aromatic N) is 2. The number of nitro groups is 1. The molecule has 1 heterocycles. The van der Waals surface area contributed by atoms with E-state index in [9.17, 15) is 14.9 Å². The van der Waals surface area contributed by atoms with E-state index in [1.54, 1.807) is 12.1 Å². The van der Waals surface area contributed by atoms with Crippen molar-refractivity contribution in [1.82, 2.24) is 5.43 Å². The summed E-state index contributed by atoms with van der Waals surface area (Å²) in [4.78, 5) is 22.6. The summed E-state index contributed by atoms with van der Waals surface area (Å²) in [6, 6.07) is 9.00. The summed E-state index contributed by atoms with van der Waals surface area (Å²) < 4.78 is 17.2. The summed E-state index contributed by atoms with van der Waals surface area (Å²) in [5.74, 6) is 0.493. The number of methoxy groups -OCH3 is 1. The van der Waals surface area contributed by atoms with Crippen LogP contribution in [0.25, 0.3) is 11.0 Å². The summed E-state index contributed by atoms with van der Waals surface area (Å²) in [5, 5.41) is 15.2. The van der Waals surface area contributed by atoms with Crippen molar-refractivity contribution in [2.45, 2.75) is 20.0 Å². The zero-order valence-electron chi connectivity index (χ0n) is 16.3. The van der Waals surface area contributed by atoms with Gasteiger partial charge in [-0.1, -0.05) is 0 Å². The maximum Gasteiger partial charge on any atom is 0.307 e. The van der Waals surface area contributed by atoms with Gasteiger partial charge in [0.05, 0.1) is 28.8 Å². The van der Waals surface area contributed by atoms with Crippen molar-refractivity contribution >= 4 is 44.7 Å². The van der Waals surface area contributed by atoms with Gasteiger partial charge in [-0.15, -0.1) is 0 Å². The first-order valence-corrected chi connectivity index (χ1v) is 9.63. The molecule has 0 saturated heterocycles. The number of hydrogen-bond donors (Lipinski definition) is 1. The molecule has 1 amide bonds. The van der Waals surface area contributed by atoms with E-state index in [-0.39, 0.29) is 17.6 Å². The third-order valence-electron chi connectivity index (χ3n) is 3.92. The second kappa shape index (κ2) is 8.95. The van der Waals surface area contributed by atoms with E-state index in [1.165, 1.54) is 37.6 Å². The van der Waals surface area contributed by atoms with Gasteiger partial charge < -0.3 is 13.9 Å². The number of nitro benzene ring substituents is 1. The smallest absolute Gasteiger partial charge is 0.307 e. The topological polar surface area (TPSA) is 116 Å². The number of hydrazone groups is 1. The second-order valence-electron chi connectivity index (χ2n) is 6.49. The van der Waals surface area contributed by atoms with E-state index in [0.717, 1.165) is 0 Å². The number of benzene rings is 2. The number of ether oxygens (including phenoxy) is 2. The Bertz CT molecular complexity index is 1140. The lowest BCUT2D eigenvalue weighted by molar-refractivity contribution is -0.384. The molecule has 0 saturated carbocycles. The number of halogens is 1. The molecule has 3 rings (SSSR count). The molecule has 0 unspecified atom stereocenters. The van der Waals surface area contributed by atoms with Crippen LogP contribution in [0.4, 0.5) is 5.69 Å². The molecule has 0 aliphatic heterocycles. The van der Waals surface area contributed by atoms with Crippen molar-refractivity contribution in [3.63, 3.8) is 0 Å². The fraction of sp³-hybridized carbons (Fsp3) is 0.200. The molecule has 0 atom stereocenters. The molecule has 0 aliphatic rings. The number of non-ortho nitro benzene ring substituents is 1. The Morgan fingerprint density at radius 3 is 2.73 bits per heavy atom. The quantitative estimate of drug-likeness (QED) is 0.301. The van der Waals surface area contributed by atoms with Crippen molar-refractivity contribution in [2.24, 2.45) is 5.10 Å². The lowest BCUT2D eigenvalue weighted by Crippen LogP contribution is -2.16. The van der Waals surface area contributed by atoms with Gasteiger partial charge in [0.25, 0.3) is 5.69 Å². The number of carbonyl (C=O) groups excluding carboxylic acids is 1. The number of hydrogen-bond acceptors (Lipinski definition) is 7. The summed E-state index contributed by atoms with van der Waals surface area (Å²) in [7, 11) is 1.53. The van der Waals surface area contributed by atoms with Crippen LogP contribution in [0.1, 0.15) is 30.0 Å². The Kier molecular flexibility index (Phi) is 6.36. The van der Waals surface area contributed by atoms with Crippen LogP contribution < -0.4 is 14.9 Å². The number of furan rings is 1. The van der Waals surface area contributed by atoms with Gasteiger partial charge in [0.2, 0.25) is 0 Å². The molecular formula is C20H18BrN3O6. The highest BCUT2D eigenvalue weighted by atomic mass is 79.9. The summed E-state index contributed by atoms with van der Waals surface area (Å²) in [6.45, 7) is 3.82. The van der Waals surface area contributed by atoms with Gasteiger partial charge in [-0.25, -0.2) is 5.43 Å². The minimum Gasteiger partial charge on any atom is -0.493 e. The number of nitrogens with one attached hydrogen (secondary N) is 1. The zero-order valence-corrected chi connectivity index (χ0v) is 17.9. The molecule has 156 valence electrons. The Morgan fingerprint density at radius 2 is 2.07 bits per heavy atom. The van der Waals surface area contributed by atoms with Crippen LogP contribution in [0.2, 0.25) is 0 Å². The Balaban J connectivity index is 1.75. The lowest BCUT2D eigenvalue weighted by Gasteiger charge is -2.15. The van der Waals surface area contributed by atoms with E-state index in [0.29, 0.717) is 32.5 Å². The molecule has 0 aliphatic carbocycles. The highest BCUT2D eigenvalue weighted by Crippen LogP contribution is 2.37. The largest absolute Gasteiger partial charge is 0.493 e. The maximum absolute atomic E-state index is 12.3. The number of carbonyl (C=O) groups is 1. The van der Waals surface area contributed by atoms with E-state index in [4.69, 9.17) is 13.9 Å². The summed E-state index contributed by atoms with van der Waals surface area (Å²) in [6.07, 6.45) is 1.41. The highest BCUT2D eigenvalue weighted by molar-refractivity contribution is 9.10. The van der Waals surface area contributed by atoms with Gasteiger partial charge >= 0.3 is 5.91 Å². The van der Waals surface area contributed by atoms with E-state index in [1.807, 2.05) is 13.8 Å². The number of amides is 1. The molecule has 0 fully saturated rings. The highest BCUT2D eigenvalue weighted by Gasteiger charge is 2.15. The average molecular weight is 476 g/mol. The molecule has 9 nitrogen and oxygen atoms in total. The van der Waals surface area contributed by atoms with Crippen molar-refractivity contribution in [3.05, 3.63) is 62.3 Å². The monoisotopic (exact) mass is 475 g/mol. The molecule has 10 heteroatoms. The van der Waals surface area contributed by atoms with Crippen LogP contribution in [0.15, 0.2) is 50.4 Å². The Hall–Kier alpha value is -3.40. The van der Waals surface area contributed by atoms with Crippen LogP contribution in [0, 0.1) is 10.1 Å². The van der Waals surface area contributed by atoms with Crippen molar-refractivity contribution in [3.8, 4) is 11.5 Å². The molecule has 3 aromatic rings. The van der Waals surface area contributed by atoms with Crippen LogP contribution in [0.3, 0.4) is 0 Å². The fourth-order valence-corrected chi connectivity index (χ4v) is 3.19. The van der Waals surface area contributed by atoms with Gasteiger partial charge in [0, 0.05) is 17.5 Å². The van der Waals surface area contributed by atoms with E-state index < -0.39 is 10.8 Å². The van der Waals surface area contributed by atoms with Crippen LogP contribution >= 0.6 is 15.9 Å². The van der Waals surface area contributed by atoms with Crippen molar-refractivity contribution in [1.29, 1.82) is 0 Å². The maximum atomic E-state index is 12.3. The van der Waals surface area contributed by atoms with Gasteiger partial charge in [0.15, 0.2) is 17.3 Å². The lowest BCUT2D eigenvalue weighted by atomic mass is 10.2. The van der Waals surface area contributed by atoms with Crippen molar-refractivity contribution in [2.75, 3.05) is 7.11 Å². The first-order valence-electron chi connectivity index (χ1n) is 8.84. The average Bonchev–Trinajstić information content (AvgIpc) is 3.12. The zero-order chi connectivity index (χ0) is 21.8. The molecule has 30 heavy (non-hydrogen) atoms. The molecule has 0 bridgehead atoms. The molecule has 1 N–H and O–H groups in total. The Labute approximate surface area is 179 Å². The van der Waals surface area contributed by atoms with Gasteiger partial charge in [-0.2, -0.15) is 5.10 Å². The minimum absolute atomic E-state index is 0.0120. The molecule has 0 spiro atoms. The summed E-state index contributed by atoms with van der Waals surface area (Å²) in [5.41, 5.74) is 3.31. The predicted octanol–water partition coefficient (Wildman–Crippen LogP) is 4.66. The van der Waals surface area contributed by atoms with Crippen molar-refractivity contribution < 1.29 is 23.6 Å². The van der Waals surface area contributed by atoms with Crippen LogP contribution in [0.5, 0.6) is 11.5 Å². The molecule has 0 radical (unpaired) electrons. The summed E-state index contributed by atoms with van der Waals surface area (Å²) >= 11 is 3.44. The van der Waals surface area contributed by atoms with Gasteiger partial charge in [-0.3, -0.25) is 14.9 Å². The molecule has 2 aromatic carbocycles. The minimum atomic E-state index is -0.587. The first-order chi connectivity index (χ1) is 14.3. The van der Waals surface area contributed by atoms with Gasteiger partial charge in [0.1, 0.15) is 5.58 Å². The first kappa shape index (κ1) is 21.3. The molecular weight excluding hydrogens is 458 g/mol. The van der Waals surface area contributed by atoms with E-state index in [2.05, 4.69) is 26.5 Å². The Morgan fingerprint density at radius 1 is 1.30 bits per heavy atom. The molecule has 1 aromatic heterocycles. The third kappa shape index (κ3) is 4.77. The standard InChI is InChI=1S/C20H18BrN3O6/c1-11(2)29-19-15(21)6-12(7-17(19)28-3)10-22-23-20(25)18-9-13-8-14(24(26)27)4-5-16(13)30-18/h4-11H,1-3H3,(H,23,25)/b22-10+. The fourth-order valence-electron chi connectivity index (χ4n) is 2.64. The van der Waals surface area contributed by atoms with Gasteiger partial charge in [-0.05, 0) is 59.6 Å². The van der Waals surface area contributed by atoms with E-state index >= 15 is 0 Å². The number of fused-ring (bicyclic) bond motifs is 1. The second-order valence-corrected chi connectivity index (χ2v) is 7.34. The number of rotatable bonds is 7. The predicted molar refractivity (Wildman–Crippen MR) is 114 cm³/mol. The SMILES string of the molecule is COc1cc(/C=N/NC(=O)c2cc3cc([N+](=O)[O-])ccc3o2)cc(Br)c1OC(C)C.